The Balaban J connectivity index is 1.57. The molecule has 1 aromatic rings. The number of quaternary nitrogens is 1. The van der Waals surface area contributed by atoms with Crippen LogP contribution >= 0.6 is 0 Å². The minimum Gasteiger partial charge on any atom is -0.370 e. The number of carbonyl (C=O) groups is 2. The first-order chi connectivity index (χ1) is 14.0. The average Bonchev–Trinajstić information content (AvgIpc) is 3.06. The van der Waals surface area contributed by atoms with Crippen molar-refractivity contribution in [3.8, 4) is 0 Å². The first-order valence-electron chi connectivity index (χ1n) is 9.68. The van der Waals surface area contributed by atoms with E-state index in [0.717, 1.165) is 32.8 Å². The highest BCUT2D eigenvalue weighted by molar-refractivity contribution is 6.01. The number of morpholine rings is 1. The van der Waals surface area contributed by atoms with E-state index >= 15 is 0 Å². The quantitative estimate of drug-likeness (QED) is 0.500. The van der Waals surface area contributed by atoms with E-state index in [9.17, 15) is 19.7 Å². The summed E-state index contributed by atoms with van der Waals surface area (Å²) in [6.07, 6.45) is 0. The number of non-ortho nitro benzene ring substituents is 1. The maximum Gasteiger partial charge on any atom is 0.322 e. The summed E-state index contributed by atoms with van der Waals surface area (Å²) in [4.78, 5) is 40.9. The molecule has 10 nitrogen and oxygen atoms in total. The molecule has 3 aliphatic heterocycles. The molecule has 1 fully saturated rings. The molecule has 0 saturated carbocycles. The Hall–Kier alpha value is -2.98. The SMILES string of the molecule is CN1C(=O)N[C@H](c2cccc([N+](=O)[O-])c2)C2=C1CN(CC[NH+]1CCOCC1)C2=O. The summed E-state index contributed by atoms with van der Waals surface area (Å²) in [7, 11) is 1.64. The molecule has 0 radical (unpaired) electrons. The van der Waals surface area contributed by atoms with E-state index in [0.29, 0.717) is 29.9 Å². The van der Waals surface area contributed by atoms with Gasteiger partial charge in [-0.25, -0.2) is 4.79 Å². The van der Waals surface area contributed by atoms with Crippen LogP contribution in [0.5, 0.6) is 0 Å². The molecule has 1 saturated heterocycles. The van der Waals surface area contributed by atoms with Crippen molar-refractivity contribution in [1.82, 2.24) is 15.1 Å². The fourth-order valence-electron chi connectivity index (χ4n) is 4.08. The molecule has 10 heteroatoms. The molecule has 3 amide bonds. The van der Waals surface area contributed by atoms with Crippen LogP contribution < -0.4 is 10.2 Å². The van der Waals surface area contributed by atoms with Crippen LogP contribution in [-0.2, 0) is 9.53 Å². The number of hydrogen-bond donors (Lipinski definition) is 2. The van der Waals surface area contributed by atoms with Gasteiger partial charge in [-0.1, -0.05) is 12.1 Å². The van der Waals surface area contributed by atoms with Crippen molar-refractivity contribution in [2.24, 2.45) is 0 Å². The van der Waals surface area contributed by atoms with Gasteiger partial charge in [0.1, 0.15) is 13.1 Å². The number of nitro groups is 1. The number of nitro benzene ring substituents is 1. The fourth-order valence-corrected chi connectivity index (χ4v) is 4.08. The number of nitrogens with zero attached hydrogens (tertiary/aromatic N) is 3. The molecule has 0 aromatic heterocycles. The van der Waals surface area contributed by atoms with Gasteiger partial charge in [-0.05, 0) is 5.56 Å². The highest BCUT2D eigenvalue weighted by Crippen LogP contribution is 2.36. The summed E-state index contributed by atoms with van der Waals surface area (Å²) in [6.45, 7) is 5.08. The Labute approximate surface area is 167 Å². The lowest BCUT2D eigenvalue weighted by atomic mass is 9.95. The van der Waals surface area contributed by atoms with Crippen LogP contribution in [0, 0.1) is 10.1 Å². The molecule has 0 aliphatic carbocycles. The molecule has 0 unspecified atom stereocenters. The lowest BCUT2D eigenvalue weighted by Crippen LogP contribution is -3.14. The summed E-state index contributed by atoms with van der Waals surface area (Å²) in [5, 5.41) is 14.0. The van der Waals surface area contributed by atoms with Crippen molar-refractivity contribution in [3.05, 3.63) is 51.2 Å². The van der Waals surface area contributed by atoms with E-state index in [4.69, 9.17) is 4.74 Å². The Morgan fingerprint density at radius 2 is 2.07 bits per heavy atom. The van der Waals surface area contributed by atoms with Crippen LogP contribution in [0.1, 0.15) is 11.6 Å². The Kier molecular flexibility index (Phi) is 5.20. The number of rotatable bonds is 5. The van der Waals surface area contributed by atoms with Gasteiger partial charge in [-0.15, -0.1) is 0 Å². The third-order valence-electron chi connectivity index (χ3n) is 5.78. The van der Waals surface area contributed by atoms with Crippen molar-refractivity contribution in [2.45, 2.75) is 6.04 Å². The number of nitrogens with one attached hydrogen (secondary N) is 2. The Bertz CT molecular complexity index is 879. The van der Waals surface area contributed by atoms with Gasteiger partial charge in [-0.2, -0.15) is 0 Å². The number of likely N-dealkylation sites (N-methyl/N-ethyl adjacent to an activating group) is 1. The predicted octanol–water partition coefficient (Wildman–Crippen LogP) is -0.698. The first-order valence-corrected chi connectivity index (χ1v) is 9.68. The number of hydrogen-bond acceptors (Lipinski definition) is 5. The monoisotopic (exact) mass is 402 g/mol. The van der Waals surface area contributed by atoms with Crippen LogP contribution in [0.25, 0.3) is 0 Å². The van der Waals surface area contributed by atoms with Crippen LogP contribution in [-0.4, -0.2) is 79.6 Å². The van der Waals surface area contributed by atoms with E-state index in [-0.39, 0.29) is 17.6 Å². The molecular weight excluding hydrogens is 378 g/mol. The summed E-state index contributed by atoms with van der Waals surface area (Å²) < 4.78 is 5.38. The van der Waals surface area contributed by atoms with E-state index in [1.165, 1.54) is 21.9 Å². The fraction of sp³-hybridized carbons (Fsp3) is 0.474. The van der Waals surface area contributed by atoms with Crippen LogP contribution in [0.2, 0.25) is 0 Å². The van der Waals surface area contributed by atoms with Crippen molar-refractivity contribution in [3.63, 3.8) is 0 Å². The number of carbonyl (C=O) groups excluding carboxylic acids is 2. The molecule has 0 bridgehead atoms. The van der Waals surface area contributed by atoms with Gasteiger partial charge in [0, 0.05) is 19.2 Å². The second kappa shape index (κ2) is 7.80. The van der Waals surface area contributed by atoms with Gasteiger partial charge in [0.25, 0.3) is 11.6 Å². The molecule has 4 rings (SSSR count). The Morgan fingerprint density at radius 1 is 1.31 bits per heavy atom. The van der Waals surface area contributed by atoms with Gasteiger partial charge in [0.05, 0.1) is 55.1 Å². The molecule has 3 heterocycles. The van der Waals surface area contributed by atoms with Crippen molar-refractivity contribution in [1.29, 1.82) is 0 Å². The predicted molar refractivity (Wildman–Crippen MR) is 102 cm³/mol. The molecule has 29 heavy (non-hydrogen) atoms. The zero-order chi connectivity index (χ0) is 20.5. The minimum absolute atomic E-state index is 0.0731. The summed E-state index contributed by atoms with van der Waals surface area (Å²) in [6, 6.07) is 5.05. The summed E-state index contributed by atoms with van der Waals surface area (Å²) in [5.74, 6) is -0.129. The zero-order valence-corrected chi connectivity index (χ0v) is 16.2. The zero-order valence-electron chi connectivity index (χ0n) is 16.2. The van der Waals surface area contributed by atoms with Gasteiger partial charge < -0.3 is 19.9 Å². The highest BCUT2D eigenvalue weighted by Gasteiger charge is 2.43. The Morgan fingerprint density at radius 3 is 2.79 bits per heavy atom. The molecular formula is C19H24N5O5+. The van der Waals surface area contributed by atoms with Crippen LogP contribution in [0.15, 0.2) is 35.5 Å². The van der Waals surface area contributed by atoms with E-state index in [2.05, 4.69) is 5.32 Å². The van der Waals surface area contributed by atoms with Gasteiger partial charge in [0.2, 0.25) is 0 Å². The number of amides is 3. The number of benzene rings is 1. The minimum atomic E-state index is -0.693. The normalized spacial score (nSPS) is 22.7. The van der Waals surface area contributed by atoms with Gasteiger partial charge in [0.15, 0.2) is 0 Å². The lowest BCUT2D eigenvalue weighted by Gasteiger charge is -2.31. The van der Waals surface area contributed by atoms with Crippen molar-refractivity contribution in [2.75, 3.05) is 53.0 Å². The molecule has 0 spiro atoms. The van der Waals surface area contributed by atoms with E-state index in [1.807, 2.05) is 0 Å². The smallest absolute Gasteiger partial charge is 0.322 e. The second-order valence-electron chi connectivity index (χ2n) is 7.49. The third-order valence-corrected chi connectivity index (χ3v) is 5.78. The maximum atomic E-state index is 13.2. The molecule has 1 atom stereocenters. The molecule has 1 aromatic carbocycles. The standard InChI is InChI=1S/C19H23N5O5/c1-21-15-12-23(6-5-22-7-9-29-10-8-22)18(25)16(15)17(20-19(21)26)13-3-2-4-14(11-13)24(27)28/h2-4,11,17H,5-10,12H2,1H3,(H,20,26)/p+1/t17-/m1/s1. The summed E-state index contributed by atoms with van der Waals surface area (Å²) in [5.41, 5.74) is 1.61. The number of urea groups is 1. The lowest BCUT2D eigenvalue weighted by molar-refractivity contribution is -0.907. The van der Waals surface area contributed by atoms with Crippen molar-refractivity contribution >= 4 is 17.6 Å². The number of ether oxygens (including phenoxy) is 1. The van der Waals surface area contributed by atoms with Crippen molar-refractivity contribution < 1.29 is 24.1 Å². The third kappa shape index (κ3) is 3.68. The molecule has 3 aliphatic rings. The highest BCUT2D eigenvalue weighted by atomic mass is 16.6. The average molecular weight is 402 g/mol. The second-order valence-corrected chi connectivity index (χ2v) is 7.49. The largest absolute Gasteiger partial charge is 0.370 e. The van der Waals surface area contributed by atoms with E-state index < -0.39 is 11.0 Å². The van der Waals surface area contributed by atoms with E-state index in [1.54, 1.807) is 24.1 Å². The topological polar surface area (TPSA) is 109 Å². The van der Waals surface area contributed by atoms with Gasteiger partial charge >= 0.3 is 6.03 Å². The first kappa shape index (κ1) is 19.3. The maximum absolute atomic E-state index is 13.2. The molecule has 2 N–H and O–H groups in total. The summed E-state index contributed by atoms with van der Waals surface area (Å²) >= 11 is 0. The van der Waals surface area contributed by atoms with Gasteiger partial charge in [-0.3, -0.25) is 19.8 Å². The molecule has 154 valence electrons. The van der Waals surface area contributed by atoms with Crippen LogP contribution in [0.3, 0.4) is 0 Å². The van der Waals surface area contributed by atoms with Crippen LogP contribution in [0.4, 0.5) is 10.5 Å².